The maximum Gasteiger partial charge on any atom is 0.214 e. The molecule has 3 rings (SSSR count). The van der Waals surface area contributed by atoms with E-state index in [0.29, 0.717) is 12.1 Å². The SMILES string of the molecule is C1CCCC1.CN(C=O)c1cn(-c2cccnc2)nc1Cl. The normalized spacial score (nSPS) is 13.4. The second-order valence-corrected chi connectivity index (χ2v) is 5.30. The summed E-state index contributed by atoms with van der Waals surface area (Å²) in [4.78, 5) is 16.0. The third kappa shape index (κ3) is 4.29. The molecule has 2 aromatic heterocycles. The molecule has 0 unspecified atom stereocenters. The van der Waals surface area contributed by atoms with Gasteiger partial charge in [0.25, 0.3) is 0 Å². The van der Waals surface area contributed by atoms with E-state index in [1.54, 1.807) is 36.4 Å². The first kappa shape index (κ1) is 15.5. The molecule has 0 saturated heterocycles. The highest BCUT2D eigenvalue weighted by molar-refractivity contribution is 6.32. The van der Waals surface area contributed by atoms with Crippen LogP contribution in [0.4, 0.5) is 5.69 Å². The number of pyridine rings is 1. The Morgan fingerprint density at radius 2 is 1.95 bits per heavy atom. The predicted octanol–water partition coefficient (Wildman–Crippen LogP) is 3.46. The van der Waals surface area contributed by atoms with E-state index < -0.39 is 0 Å². The van der Waals surface area contributed by atoms with Crippen molar-refractivity contribution in [1.82, 2.24) is 14.8 Å². The van der Waals surface area contributed by atoms with E-state index in [0.717, 1.165) is 5.69 Å². The quantitative estimate of drug-likeness (QED) is 0.816. The summed E-state index contributed by atoms with van der Waals surface area (Å²) in [5, 5.41) is 4.37. The third-order valence-corrected chi connectivity index (χ3v) is 3.62. The molecule has 1 aliphatic rings. The van der Waals surface area contributed by atoms with Crippen LogP contribution in [0.25, 0.3) is 5.69 Å². The molecule has 0 aliphatic heterocycles. The van der Waals surface area contributed by atoms with Crippen molar-refractivity contribution in [3.05, 3.63) is 35.9 Å². The van der Waals surface area contributed by atoms with Crippen molar-refractivity contribution in [3.8, 4) is 5.69 Å². The molecule has 1 amide bonds. The lowest BCUT2D eigenvalue weighted by Crippen LogP contribution is -2.13. The fourth-order valence-electron chi connectivity index (χ4n) is 2.14. The molecule has 21 heavy (non-hydrogen) atoms. The van der Waals surface area contributed by atoms with Crippen LogP contribution in [0.2, 0.25) is 5.15 Å². The molecular weight excluding hydrogens is 288 g/mol. The maximum absolute atomic E-state index is 10.6. The van der Waals surface area contributed by atoms with E-state index in [9.17, 15) is 4.79 Å². The summed E-state index contributed by atoms with van der Waals surface area (Å²) in [6.45, 7) is 0. The Balaban J connectivity index is 0.000000272. The Kier molecular flexibility index (Phi) is 5.75. The topological polar surface area (TPSA) is 51.0 Å². The molecular formula is C15H19ClN4O. The van der Waals surface area contributed by atoms with E-state index in [1.807, 2.05) is 6.07 Å². The number of carbonyl (C=O) groups is 1. The van der Waals surface area contributed by atoms with Crippen LogP contribution in [0.15, 0.2) is 30.7 Å². The average Bonchev–Trinajstić information content (AvgIpc) is 3.20. The summed E-state index contributed by atoms with van der Waals surface area (Å²) in [6.07, 6.45) is 13.2. The lowest BCUT2D eigenvalue weighted by Gasteiger charge is -2.06. The number of rotatable bonds is 3. The highest BCUT2D eigenvalue weighted by atomic mass is 35.5. The number of halogens is 1. The van der Waals surface area contributed by atoms with Crippen LogP contribution in [0.5, 0.6) is 0 Å². The molecule has 0 bridgehead atoms. The molecule has 1 fully saturated rings. The van der Waals surface area contributed by atoms with Gasteiger partial charge in [-0.05, 0) is 12.1 Å². The van der Waals surface area contributed by atoms with Gasteiger partial charge in [0.2, 0.25) is 6.41 Å². The number of nitrogens with zero attached hydrogens (tertiary/aromatic N) is 4. The second-order valence-electron chi connectivity index (χ2n) is 4.95. The standard InChI is InChI=1S/C10H9ClN4O.C5H10/c1-14(7-16)9-6-15(13-10(9)11)8-3-2-4-12-5-8;1-2-4-5-3-1/h2-7H,1H3;1-5H2. The fraction of sp³-hybridized carbons (Fsp3) is 0.400. The van der Waals surface area contributed by atoms with E-state index in [1.165, 1.54) is 37.0 Å². The Morgan fingerprint density at radius 3 is 2.48 bits per heavy atom. The Hall–Kier alpha value is -1.88. The second kappa shape index (κ2) is 7.78. The number of hydrogen-bond donors (Lipinski definition) is 0. The predicted molar refractivity (Wildman–Crippen MR) is 83.9 cm³/mol. The molecule has 112 valence electrons. The van der Waals surface area contributed by atoms with Crippen LogP contribution in [-0.4, -0.2) is 28.2 Å². The number of carbonyl (C=O) groups excluding carboxylic acids is 1. The fourth-order valence-corrected chi connectivity index (χ4v) is 2.41. The minimum atomic E-state index is 0.276. The molecule has 2 heterocycles. The first-order chi connectivity index (χ1) is 10.2. The van der Waals surface area contributed by atoms with Crippen molar-refractivity contribution in [2.24, 2.45) is 0 Å². The first-order valence-electron chi connectivity index (χ1n) is 7.06. The van der Waals surface area contributed by atoms with Gasteiger partial charge in [-0.1, -0.05) is 43.7 Å². The van der Waals surface area contributed by atoms with Gasteiger partial charge < -0.3 is 4.90 Å². The average molecular weight is 307 g/mol. The zero-order chi connectivity index (χ0) is 15.1. The van der Waals surface area contributed by atoms with Gasteiger partial charge in [-0.2, -0.15) is 5.10 Å². The van der Waals surface area contributed by atoms with Crippen molar-refractivity contribution < 1.29 is 4.79 Å². The molecule has 5 nitrogen and oxygen atoms in total. The van der Waals surface area contributed by atoms with Gasteiger partial charge in [0.1, 0.15) is 5.69 Å². The van der Waals surface area contributed by atoms with E-state index in [2.05, 4.69) is 10.1 Å². The minimum Gasteiger partial charge on any atom is -0.314 e. The lowest BCUT2D eigenvalue weighted by atomic mass is 10.4. The van der Waals surface area contributed by atoms with E-state index in [-0.39, 0.29) is 5.15 Å². The van der Waals surface area contributed by atoms with E-state index in [4.69, 9.17) is 11.6 Å². The Bertz CT molecular complexity index is 559. The maximum atomic E-state index is 10.6. The van der Waals surface area contributed by atoms with Gasteiger partial charge in [0, 0.05) is 13.2 Å². The van der Waals surface area contributed by atoms with Crippen LogP contribution in [0.3, 0.4) is 0 Å². The monoisotopic (exact) mass is 306 g/mol. The molecule has 1 aliphatic carbocycles. The molecule has 0 radical (unpaired) electrons. The summed E-state index contributed by atoms with van der Waals surface area (Å²) in [7, 11) is 1.61. The molecule has 2 aromatic rings. The third-order valence-electron chi connectivity index (χ3n) is 3.35. The summed E-state index contributed by atoms with van der Waals surface area (Å²) in [5.74, 6) is 0. The molecule has 6 heteroatoms. The zero-order valence-corrected chi connectivity index (χ0v) is 12.8. The Morgan fingerprint density at radius 1 is 1.29 bits per heavy atom. The van der Waals surface area contributed by atoms with Crippen molar-refractivity contribution in [2.75, 3.05) is 11.9 Å². The lowest BCUT2D eigenvalue weighted by molar-refractivity contribution is -0.107. The van der Waals surface area contributed by atoms with Crippen molar-refractivity contribution in [3.63, 3.8) is 0 Å². The highest BCUT2D eigenvalue weighted by Crippen LogP contribution is 2.23. The smallest absolute Gasteiger partial charge is 0.214 e. The summed E-state index contributed by atoms with van der Waals surface area (Å²) < 4.78 is 1.57. The molecule has 0 aromatic carbocycles. The molecule has 0 atom stereocenters. The summed E-state index contributed by atoms with van der Waals surface area (Å²) in [6, 6.07) is 3.65. The summed E-state index contributed by atoms with van der Waals surface area (Å²) >= 11 is 5.92. The van der Waals surface area contributed by atoms with Gasteiger partial charge in [-0.25, -0.2) is 4.68 Å². The van der Waals surface area contributed by atoms with Gasteiger partial charge in [0.05, 0.1) is 18.1 Å². The zero-order valence-electron chi connectivity index (χ0n) is 12.1. The highest BCUT2D eigenvalue weighted by Gasteiger charge is 2.11. The van der Waals surface area contributed by atoms with Crippen LogP contribution in [0, 0.1) is 0 Å². The first-order valence-corrected chi connectivity index (χ1v) is 7.44. The number of amides is 1. The number of anilines is 1. The Labute approximate surface area is 129 Å². The largest absolute Gasteiger partial charge is 0.314 e. The van der Waals surface area contributed by atoms with Crippen LogP contribution < -0.4 is 4.90 Å². The van der Waals surface area contributed by atoms with Crippen molar-refractivity contribution in [1.29, 1.82) is 0 Å². The van der Waals surface area contributed by atoms with Crippen LogP contribution >= 0.6 is 11.6 Å². The van der Waals surface area contributed by atoms with Gasteiger partial charge in [-0.15, -0.1) is 0 Å². The number of aromatic nitrogens is 3. The van der Waals surface area contributed by atoms with Crippen molar-refractivity contribution in [2.45, 2.75) is 32.1 Å². The van der Waals surface area contributed by atoms with Crippen LogP contribution in [-0.2, 0) is 4.79 Å². The molecule has 0 spiro atoms. The van der Waals surface area contributed by atoms with Crippen LogP contribution in [0.1, 0.15) is 32.1 Å². The summed E-state index contributed by atoms with van der Waals surface area (Å²) in [5.41, 5.74) is 1.34. The van der Waals surface area contributed by atoms with Gasteiger partial charge >= 0.3 is 0 Å². The molecule has 0 N–H and O–H groups in total. The minimum absolute atomic E-state index is 0.276. The molecule has 1 saturated carbocycles. The van der Waals surface area contributed by atoms with E-state index >= 15 is 0 Å². The van der Waals surface area contributed by atoms with Gasteiger partial charge in [-0.3, -0.25) is 9.78 Å². The van der Waals surface area contributed by atoms with Crippen molar-refractivity contribution >= 4 is 23.7 Å². The van der Waals surface area contributed by atoms with Gasteiger partial charge in [0.15, 0.2) is 5.15 Å². The number of hydrogen-bond acceptors (Lipinski definition) is 3.